The second-order valence-corrected chi connectivity index (χ2v) is 3.35. The molecule has 0 unspecified atom stereocenters. The van der Waals surface area contributed by atoms with Crippen molar-refractivity contribution < 1.29 is 0 Å². The van der Waals surface area contributed by atoms with Crippen LogP contribution in [0.15, 0.2) is 18.2 Å². The molecule has 2 heterocycles. The third-order valence-electron chi connectivity index (χ3n) is 2.00. The normalized spacial score (nSPS) is 10.2. The van der Waals surface area contributed by atoms with E-state index in [4.69, 9.17) is 5.73 Å². The molecule has 15 heavy (non-hydrogen) atoms. The van der Waals surface area contributed by atoms with E-state index in [0.717, 1.165) is 11.3 Å². The quantitative estimate of drug-likeness (QED) is 0.779. The molecular formula is C11H18N4. The Morgan fingerprint density at radius 1 is 1.27 bits per heavy atom. The van der Waals surface area contributed by atoms with E-state index in [1.54, 1.807) is 4.52 Å². The third-order valence-corrected chi connectivity index (χ3v) is 2.00. The van der Waals surface area contributed by atoms with Crippen LogP contribution in [0.2, 0.25) is 0 Å². The number of nitrogens with two attached hydrogens (primary N) is 1. The van der Waals surface area contributed by atoms with Gasteiger partial charge >= 0.3 is 0 Å². The number of hydrogen-bond donors (Lipinski definition) is 1. The van der Waals surface area contributed by atoms with Crippen LogP contribution in [0.5, 0.6) is 0 Å². The van der Waals surface area contributed by atoms with Crippen molar-refractivity contribution in [3.63, 3.8) is 0 Å². The summed E-state index contributed by atoms with van der Waals surface area (Å²) < 4.78 is 1.79. The average molecular weight is 206 g/mol. The van der Waals surface area contributed by atoms with Crippen LogP contribution in [0.4, 0.5) is 5.95 Å². The highest BCUT2D eigenvalue weighted by atomic mass is 15.3. The van der Waals surface area contributed by atoms with E-state index in [-0.39, 0.29) is 0 Å². The molecule has 0 spiro atoms. The standard InChI is InChI=1S/C9H12N4.C2H6/c1-6(2)7-4-3-5-8-11-9(10)12-13(7)8;1-2/h3-6H,1-2H3,(H2,10,12);1-2H3. The summed E-state index contributed by atoms with van der Waals surface area (Å²) in [5.41, 5.74) is 7.45. The molecule has 2 rings (SSSR count). The highest BCUT2D eigenvalue weighted by Gasteiger charge is 2.06. The lowest BCUT2D eigenvalue weighted by atomic mass is 10.1. The van der Waals surface area contributed by atoms with Crippen molar-refractivity contribution in [1.29, 1.82) is 0 Å². The number of nitrogens with zero attached hydrogens (tertiary/aromatic N) is 3. The first-order valence-electron chi connectivity index (χ1n) is 5.29. The molecule has 4 nitrogen and oxygen atoms in total. The van der Waals surface area contributed by atoms with Gasteiger partial charge in [-0.25, -0.2) is 4.52 Å². The maximum atomic E-state index is 5.52. The van der Waals surface area contributed by atoms with Gasteiger partial charge in [0.15, 0.2) is 5.65 Å². The molecule has 0 aromatic carbocycles. The molecule has 0 saturated heterocycles. The number of aromatic nitrogens is 3. The molecule has 0 aliphatic carbocycles. The molecule has 2 N–H and O–H groups in total. The van der Waals surface area contributed by atoms with E-state index < -0.39 is 0 Å². The summed E-state index contributed by atoms with van der Waals surface area (Å²) in [6.07, 6.45) is 0. The number of nitrogen functional groups attached to an aromatic ring is 1. The molecule has 0 saturated carbocycles. The number of hydrogen-bond acceptors (Lipinski definition) is 3. The second-order valence-electron chi connectivity index (χ2n) is 3.35. The molecule has 0 radical (unpaired) electrons. The minimum absolute atomic E-state index is 0.327. The first-order valence-corrected chi connectivity index (χ1v) is 5.29. The van der Waals surface area contributed by atoms with Crippen molar-refractivity contribution in [3.05, 3.63) is 23.9 Å². The summed E-state index contributed by atoms with van der Waals surface area (Å²) in [7, 11) is 0. The largest absolute Gasteiger partial charge is 0.366 e. The lowest BCUT2D eigenvalue weighted by Crippen LogP contribution is -2.00. The smallest absolute Gasteiger partial charge is 0.240 e. The van der Waals surface area contributed by atoms with Crippen molar-refractivity contribution in [2.24, 2.45) is 0 Å². The number of anilines is 1. The Labute approximate surface area is 90.1 Å². The first-order chi connectivity index (χ1) is 7.18. The minimum Gasteiger partial charge on any atom is -0.366 e. The molecule has 0 aliphatic heterocycles. The van der Waals surface area contributed by atoms with Crippen LogP contribution < -0.4 is 5.73 Å². The Bertz CT molecular complexity index is 431. The minimum atomic E-state index is 0.327. The summed E-state index contributed by atoms with van der Waals surface area (Å²) in [5, 5.41) is 4.12. The van der Waals surface area contributed by atoms with Crippen molar-refractivity contribution in [3.8, 4) is 0 Å². The van der Waals surface area contributed by atoms with Crippen LogP contribution in [0.3, 0.4) is 0 Å². The van der Waals surface area contributed by atoms with E-state index in [1.807, 2.05) is 32.0 Å². The van der Waals surface area contributed by atoms with Gasteiger partial charge in [0.25, 0.3) is 0 Å². The van der Waals surface area contributed by atoms with Crippen LogP contribution in [-0.4, -0.2) is 14.6 Å². The monoisotopic (exact) mass is 206 g/mol. The van der Waals surface area contributed by atoms with Gasteiger partial charge in [0.2, 0.25) is 5.95 Å². The zero-order valence-electron chi connectivity index (χ0n) is 9.73. The summed E-state index contributed by atoms with van der Waals surface area (Å²) in [6, 6.07) is 5.90. The number of rotatable bonds is 1. The number of fused-ring (bicyclic) bond motifs is 1. The van der Waals surface area contributed by atoms with Crippen LogP contribution in [0, 0.1) is 0 Å². The third kappa shape index (κ3) is 2.26. The fourth-order valence-corrected chi connectivity index (χ4v) is 1.38. The fourth-order valence-electron chi connectivity index (χ4n) is 1.38. The zero-order valence-corrected chi connectivity index (χ0v) is 9.73. The molecule has 0 atom stereocenters. The molecule has 82 valence electrons. The lowest BCUT2D eigenvalue weighted by molar-refractivity contribution is 0.759. The van der Waals surface area contributed by atoms with Crippen LogP contribution >= 0.6 is 0 Å². The average Bonchev–Trinajstić information content (AvgIpc) is 2.60. The molecule has 0 amide bonds. The van der Waals surface area contributed by atoms with Gasteiger partial charge in [0.1, 0.15) is 0 Å². The molecule has 0 bridgehead atoms. The van der Waals surface area contributed by atoms with Gasteiger partial charge in [-0.3, -0.25) is 0 Å². The van der Waals surface area contributed by atoms with Gasteiger partial charge in [-0.05, 0) is 18.1 Å². The number of pyridine rings is 1. The Hall–Kier alpha value is -1.58. The van der Waals surface area contributed by atoms with E-state index >= 15 is 0 Å². The van der Waals surface area contributed by atoms with Gasteiger partial charge in [-0.1, -0.05) is 33.8 Å². The Kier molecular flexibility index (Phi) is 3.66. The summed E-state index contributed by atoms with van der Waals surface area (Å²) in [4.78, 5) is 4.09. The van der Waals surface area contributed by atoms with Gasteiger partial charge in [0.05, 0.1) is 0 Å². The van der Waals surface area contributed by atoms with E-state index in [9.17, 15) is 0 Å². The van der Waals surface area contributed by atoms with E-state index in [2.05, 4.69) is 23.9 Å². The summed E-state index contributed by atoms with van der Waals surface area (Å²) in [5.74, 6) is 0.748. The summed E-state index contributed by atoms with van der Waals surface area (Å²) in [6.45, 7) is 8.24. The highest BCUT2D eigenvalue weighted by Crippen LogP contribution is 2.15. The molecular weight excluding hydrogens is 188 g/mol. The Morgan fingerprint density at radius 2 is 1.93 bits per heavy atom. The molecule has 0 aliphatic rings. The van der Waals surface area contributed by atoms with E-state index in [0.29, 0.717) is 11.9 Å². The van der Waals surface area contributed by atoms with Gasteiger partial charge in [-0.2, -0.15) is 4.98 Å². The predicted molar refractivity (Wildman–Crippen MR) is 62.8 cm³/mol. The fraction of sp³-hybridized carbons (Fsp3) is 0.455. The Morgan fingerprint density at radius 3 is 2.53 bits per heavy atom. The Balaban J connectivity index is 0.000000531. The van der Waals surface area contributed by atoms with E-state index in [1.165, 1.54) is 0 Å². The maximum absolute atomic E-state index is 5.52. The first kappa shape index (κ1) is 11.5. The van der Waals surface area contributed by atoms with Crippen molar-refractivity contribution in [2.75, 3.05) is 5.73 Å². The maximum Gasteiger partial charge on any atom is 0.240 e. The van der Waals surface area contributed by atoms with Crippen molar-refractivity contribution in [2.45, 2.75) is 33.6 Å². The molecule has 2 aromatic heterocycles. The van der Waals surface area contributed by atoms with Crippen LogP contribution in [-0.2, 0) is 0 Å². The lowest BCUT2D eigenvalue weighted by Gasteiger charge is -2.05. The van der Waals surface area contributed by atoms with Gasteiger partial charge in [0, 0.05) is 5.69 Å². The van der Waals surface area contributed by atoms with Gasteiger partial charge < -0.3 is 5.73 Å². The predicted octanol–water partition coefficient (Wildman–Crippen LogP) is 2.46. The van der Waals surface area contributed by atoms with Crippen molar-refractivity contribution >= 4 is 11.6 Å². The van der Waals surface area contributed by atoms with Gasteiger partial charge in [-0.15, -0.1) is 5.10 Å². The topological polar surface area (TPSA) is 56.2 Å². The SMILES string of the molecule is CC.CC(C)c1cccc2nc(N)nn12. The molecule has 4 heteroatoms. The van der Waals surface area contributed by atoms with Crippen LogP contribution in [0.1, 0.15) is 39.3 Å². The second kappa shape index (κ2) is 4.77. The van der Waals surface area contributed by atoms with Crippen molar-refractivity contribution in [1.82, 2.24) is 14.6 Å². The van der Waals surface area contributed by atoms with Crippen LogP contribution in [0.25, 0.3) is 5.65 Å². The zero-order chi connectivity index (χ0) is 11.4. The molecule has 0 fully saturated rings. The molecule has 2 aromatic rings. The highest BCUT2D eigenvalue weighted by molar-refractivity contribution is 5.43. The summed E-state index contributed by atoms with van der Waals surface area (Å²) >= 11 is 0.